The monoisotopic (exact) mass is 302 g/mol. The molecule has 0 spiro atoms. The highest BCUT2D eigenvalue weighted by Crippen LogP contribution is 2.34. The summed E-state index contributed by atoms with van der Waals surface area (Å²) < 4.78 is 27.3. The highest BCUT2D eigenvalue weighted by atomic mass is 16.6. The number of methoxy groups -OCH3 is 1. The minimum Gasteiger partial charge on any atom is -0.493 e. The Bertz CT molecular complexity index is 676. The minimum absolute atomic E-state index is 0.216. The standard InChI is InChI=1S/C17H18O5/c1-18-16-5-11-2-3-13(19-7-14-8-20-14)4-12(11)6-17(16)22-10-15-9-21-15/h2-6,14-15H,7-10H2,1H3. The summed E-state index contributed by atoms with van der Waals surface area (Å²) in [6.45, 7) is 2.73. The molecular formula is C17H18O5. The number of rotatable bonds is 7. The van der Waals surface area contributed by atoms with Crippen LogP contribution >= 0.6 is 0 Å². The third-order valence-corrected chi connectivity index (χ3v) is 3.76. The van der Waals surface area contributed by atoms with Crippen LogP contribution in [0.1, 0.15) is 0 Å². The smallest absolute Gasteiger partial charge is 0.161 e. The van der Waals surface area contributed by atoms with Gasteiger partial charge in [0.2, 0.25) is 0 Å². The molecule has 0 aliphatic carbocycles. The van der Waals surface area contributed by atoms with Gasteiger partial charge in [-0.1, -0.05) is 6.07 Å². The summed E-state index contributed by atoms with van der Waals surface area (Å²) in [7, 11) is 1.65. The highest BCUT2D eigenvalue weighted by Gasteiger charge is 2.24. The Labute approximate surface area is 128 Å². The van der Waals surface area contributed by atoms with Crippen molar-refractivity contribution < 1.29 is 23.7 Å². The van der Waals surface area contributed by atoms with Gasteiger partial charge in [-0.2, -0.15) is 0 Å². The largest absolute Gasteiger partial charge is 0.493 e. The van der Waals surface area contributed by atoms with Gasteiger partial charge in [-0.25, -0.2) is 0 Å². The molecule has 2 atom stereocenters. The zero-order chi connectivity index (χ0) is 14.9. The van der Waals surface area contributed by atoms with Crippen LogP contribution in [0.25, 0.3) is 10.8 Å². The van der Waals surface area contributed by atoms with Crippen molar-refractivity contribution in [3.05, 3.63) is 30.3 Å². The molecule has 22 heavy (non-hydrogen) atoms. The first-order chi connectivity index (χ1) is 10.8. The first kappa shape index (κ1) is 13.7. The molecule has 2 saturated heterocycles. The molecule has 0 N–H and O–H groups in total. The molecule has 2 unspecified atom stereocenters. The summed E-state index contributed by atoms with van der Waals surface area (Å²) in [5.74, 6) is 2.30. The molecule has 0 bridgehead atoms. The average molecular weight is 302 g/mol. The Morgan fingerprint density at radius 1 is 0.909 bits per heavy atom. The Morgan fingerprint density at radius 2 is 1.59 bits per heavy atom. The summed E-state index contributed by atoms with van der Waals surface area (Å²) >= 11 is 0. The van der Waals surface area contributed by atoms with Crippen LogP contribution in [0.5, 0.6) is 17.2 Å². The van der Waals surface area contributed by atoms with E-state index in [4.69, 9.17) is 23.7 Å². The Balaban J connectivity index is 1.58. The first-order valence-corrected chi connectivity index (χ1v) is 7.42. The van der Waals surface area contributed by atoms with Gasteiger partial charge in [0.1, 0.15) is 31.2 Å². The quantitative estimate of drug-likeness (QED) is 0.735. The number of fused-ring (bicyclic) bond motifs is 1. The van der Waals surface area contributed by atoms with E-state index in [0.29, 0.717) is 13.2 Å². The molecule has 116 valence electrons. The van der Waals surface area contributed by atoms with Crippen LogP contribution in [0.2, 0.25) is 0 Å². The number of benzene rings is 2. The zero-order valence-corrected chi connectivity index (χ0v) is 12.4. The summed E-state index contributed by atoms with van der Waals surface area (Å²) in [6.07, 6.45) is 0.470. The molecule has 2 fully saturated rings. The molecule has 2 aliphatic heterocycles. The van der Waals surface area contributed by atoms with Crippen LogP contribution in [-0.2, 0) is 9.47 Å². The van der Waals surface area contributed by atoms with Crippen LogP contribution in [-0.4, -0.2) is 45.7 Å². The molecule has 2 heterocycles. The first-order valence-electron chi connectivity index (χ1n) is 7.42. The Hall–Kier alpha value is -1.98. The second kappa shape index (κ2) is 5.66. The van der Waals surface area contributed by atoms with Gasteiger partial charge in [0, 0.05) is 0 Å². The van der Waals surface area contributed by atoms with E-state index in [1.54, 1.807) is 7.11 Å². The fourth-order valence-corrected chi connectivity index (χ4v) is 2.30. The summed E-state index contributed by atoms with van der Waals surface area (Å²) in [6, 6.07) is 9.96. The van der Waals surface area contributed by atoms with Crippen molar-refractivity contribution in [2.24, 2.45) is 0 Å². The zero-order valence-electron chi connectivity index (χ0n) is 12.4. The van der Waals surface area contributed by atoms with Gasteiger partial charge in [0.15, 0.2) is 11.5 Å². The molecule has 2 aromatic carbocycles. The Morgan fingerprint density at radius 3 is 2.27 bits per heavy atom. The van der Waals surface area contributed by atoms with Crippen molar-refractivity contribution in [1.29, 1.82) is 0 Å². The van der Waals surface area contributed by atoms with E-state index in [1.165, 1.54) is 0 Å². The fourth-order valence-electron chi connectivity index (χ4n) is 2.30. The lowest BCUT2D eigenvalue weighted by atomic mass is 10.1. The van der Waals surface area contributed by atoms with Gasteiger partial charge in [-0.15, -0.1) is 0 Å². The fraction of sp³-hybridized carbons (Fsp3) is 0.412. The molecule has 0 radical (unpaired) electrons. The topological polar surface area (TPSA) is 52.8 Å². The highest BCUT2D eigenvalue weighted by molar-refractivity contribution is 5.87. The number of epoxide rings is 2. The van der Waals surface area contributed by atoms with Gasteiger partial charge < -0.3 is 23.7 Å². The Kier molecular flexibility index (Phi) is 3.52. The maximum Gasteiger partial charge on any atom is 0.161 e. The van der Waals surface area contributed by atoms with Gasteiger partial charge in [-0.3, -0.25) is 0 Å². The van der Waals surface area contributed by atoms with Gasteiger partial charge >= 0.3 is 0 Å². The maximum absolute atomic E-state index is 5.80. The normalized spacial score (nSPS) is 22.4. The lowest BCUT2D eigenvalue weighted by molar-refractivity contribution is 0.252. The van der Waals surface area contributed by atoms with Crippen LogP contribution in [0, 0.1) is 0 Å². The van der Waals surface area contributed by atoms with Crippen LogP contribution in [0.15, 0.2) is 30.3 Å². The van der Waals surface area contributed by atoms with Crippen LogP contribution < -0.4 is 14.2 Å². The van der Waals surface area contributed by atoms with Crippen molar-refractivity contribution >= 4 is 10.8 Å². The number of hydrogen-bond donors (Lipinski definition) is 0. The second-order valence-electron chi connectivity index (χ2n) is 5.54. The van der Waals surface area contributed by atoms with E-state index in [9.17, 15) is 0 Å². The van der Waals surface area contributed by atoms with E-state index in [1.807, 2.05) is 30.3 Å². The summed E-state index contributed by atoms with van der Waals surface area (Å²) in [5.41, 5.74) is 0. The molecule has 0 amide bonds. The minimum atomic E-state index is 0.216. The molecule has 0 saturated carbocycles. The maximum atomic E-state index is 5.80. The van der Waals surface area contributed by atoms with Gasteiger partial charge in [0.05, 0.1) is 20.3 Å². The summed E-state index contributed by atoms with van der Waals surface area (Å²) in [4.78, 5) is 0. The summed E-state index contributed by atoms with van der Waals surface area (Å²) in [5, 5.41) is 2.14. The number of hydrogen-bond acceptors (Lipinski definition) is 5. The predicted molar refractivity (Wildman–Crippen MR) is 81.0 cm³/mol. The molecule has 2 aliphatic rings. The molecular weight excluding hydrogens is 284 g/mol. The molecule has 2 aromatic rings. The lowest BCUT2D eigenvalue weighted by Crippen LogP contribution is -2.05. The van der Waals surface area contributed by atoms with E-state index < -0.39 is 0 Å². The van der Waals surface area contributed by atoms with E-state index in [2.05, 4.69) is 0 Å². The molecule has 0 aromatic heterocycles. The molecule has 4 rings (SSSR count). The second-order valence-corrected chi connectivity index (χ2v) is 5.54. The molecule has 5 nitrogen and oxygen atoms in total. The van der Waals surface area contributed by atoms with Crippen LogP contribution in [0.3, 0.4) is 0 Å². The van der Waals surface area contributed by atoms with Crippen molar-refractivity contribution in [1.82, 2.24) is 0 Å². The average Bonchev–Trinajstić information content (AvgIpc) is 3.44. The molecule has 5 heteroatoms. The van der Waals surface area contributed by atoms with Crippen LogP contribution in [0.4, 0.5) is 0 Å². The van der Waals surface area contributed by atoms with Crippen molar-refractivity contribution in [3.63, 3.8) is 0 Å². The third kappa shape index (κ3) is 3.10. The van der Waals surface area contributed by atoms with Gasteiger partial charge in [-0.05, 0) is 35.0 Å². The van der Waals surface area contributed by atoms with E-state index in [-0.39, 0.29) is 12.2 Å². The van der Waals surface area contributed by atoms with Gasteiger partial charge in [0.25, 0.3) is 0 Å². The van der Waals surface area contributed by atoms with Crippen molar-refractivity contribution in [2.75, 3.05) is 33.5 Å². The van der Waals surface area contributed by atoms with E-state index >= 15 is 0 Å². The predicted octanol–water partition coefficient (Wildman–Crippen LogP) is 2.40. The van der Waals surface area contributed by atoms with Crippen molar-refractivity contribution in [2.45, 2.75) is 12.2 Å². The van der Waals surface area contributed by atoms with Crippen molar-refractivity contribution in [3.8, 4) is 17.2 Å². The SMILES string of the molecule is COc1cc2ccc(OCC3CO3)cc2cc1OCC1CO1. The number of ether oxygens (including phenoxy) is 5. The van der Waals surface area contributed by atoms with E-state index in [0.717, 1.165) is 41.2 Å². The third-order valence-electron chi connectivity index (χ3n) is 3.76. The lowest BCUT2D eigenvalue weighted by Gasteiger charge is -2.12.